The number of halogens is 1. The van der Waals surface area contributed by atoms with Gasteiger partial charge in [0.1, 0.15) is 5.82 Å². The number of hydrogen-bond acceptors (Lipinski definition) is 4. The highest BCUT2D eigenvalue weighted by molar-refractivity contribution is 7.89. The average molecular weight is 362 g/mol. The van der Waals surface area contributed by atoms with Gasteiger partial charge in [-0.1, -0.05) is 6.07 Å². The van der Waals surface area contributed by atoms with E-state index in [-0.39, 0.29) is 4.90 Å². The SMILES string of the molecule is O=S(=O)(NC(Cc1ccsc1)c1cccnc1)c1ccc(F)cc1. The van der Waals surface area contributed by atoms with E-state index >= 15 is 0 Å². The van der Waals surface area contributed by atoms with Crippen LogP contribution in [0.5, 0.6) is 0 Å². The molecule has 24 heavy (non-hydrogen) atoms. The van der Waals surface area contributed by atoms with Gasteiger partial charge in [-0.25, -0.2) is 17.5 Å². The first-order chi connectivity index (χ1) is 11.5. The van der Waals surface area contributed by atoms with Crippen molar-refractivity contribution in [1.82, 2.24) is 9.71 Å². The van der Waals surface area contributed by atoms with Crippen molar-refractivity contribution >= 4 is 21.4 Å². The Morgan fingerprint density at radius 3 is 2.58 bits per heavy atom. The second-order valence-corrected chi connectivity index (χ2v) is 7.74. The number of pyridine rings is 1. The van der Waals surface area contributed by atoms with E-state index in [2.05, 4.69) is 9.71 Å². The Bertz CT molecular complexity index is 880. The maximum absolute atomic E-state index is 13.0. The van der Waals surface area contributed by atoms with Gasteiger partial charge in [0.15, 0.2) is 0 Å². The standard InChI is InChI=1S/C17H15FN2O2S2/c18-15-3-5-16(6-4-15)24(21,22)20-17(10-13-7-9-23-12-13)14-2-1-8-19-11-14/h1-9,11-12,17,20H,10H2. The predicted octanol–water partition coefficient (Wildman–Crippen LogP) is 3.54. The minimum Gasteiger partial charge on any atom is -0.264 e. The topological polar surface area (TPSA) is 59.1 Å². The molecule has 4 nitrogen and oxygen atoms in total. The van der Waals surface area contributed by atoms with Crippen LogP contribution in [0.2, 0.25) is 0 Å². The molecule has 1 N–H and O–H groups in total. The fourth-order valence-corrected chi connectivity index (χ4v) is 4.23. The Kier molecular flexibility index (Phi) is 5.03. The molecule has 0 amide bonds. The number of nitrogens with zero attached hydrogens (tertiary/aromatic N) is 1. The van der Waals surface area contributed by atoms with Gasteiger partial charge in [0.25, 0.3) is 0 Å². The zero-order chi connectivity index (χ0) is 17.0. The molecule has 1 aromatic carbocycles. The zero-order valence-corrected chi connectivity index (χ0v) is 14.2. The number of rotatable bonds is 6. The number of thiophene rings is 1. The van der Waals surface area contributed by atoms with Gasteiger partial charge in [-0.15, -0.1) is 0 Å². The van der Waals surface area contributed by atoms with Crippen LogP contribution < -0.4 is 4.72 Å². The summed E-state index contributed by atoms with van der Waals surface area (Å²) in [5.41, 5.74) is 1.81. The molecule has 0 saturated heterocycles. The number of nitrogens with one attached hydrogen (secondary N) is 1. The van der Waals surface area contributed by atoms with Crippen LogP contribution in [0, 0.1) is 5.82 Å². The summed E-state index contributed by atoms with van der Waals surface area (Å²) in [6.07, 6.45) is 3.79. The molecule has 0 fully saturated rings. The second kappa shape index (κ2) is 7.21. The molecule has 0 aliphatic rings. The third-order valence-electron chi connectivity index (χ3n) is 3.53. The van der Waals surface area contributed by atoms with E-state index in [9.17, 15) is 12.8 Å². The quantitative estimate of drug-likeness (QED) is 0.730. The van der Waals surface area contributed by atoms with E-state index in [0.717, 1.165) is 23.3 Å². The van der Waals surface area contributed by atoms with Crippen molar-refractivity contribution in [3.05, 3.63) is 82.6 Å². The minimum absolute atomic E-state index is 0.0307. The van der Waals surface area contributed by atoms with Crippen molar-refractivity contribution < 1.29 is 12.8 Å². The van der Waals surface area contributed by atoms with Crippen LogP contribution in [0.25, 0.3) is 0 Å². The van der Waals surface area contributed by atoms with Crippen molar-refractivity contribution in [2.24, 2.45) is 0 Å². The summed E-state index contributed by atoms with van der Waals surface area (Å²) in [6, 6.07) is 9.87. The van der Waals surface area contributed by atoms with Crippen molar-refractivity contribution in [3.8, 4) is 0 Å². The van der Waals surface area contributed by atoms with Crippen LogP contribution in [0.4, 0.5) is 4.39 Å². The van der Waals surface area contributed by atoms with E-state index in [1.807, 2.05) is 22.9 Å². The van der Waals surface area contributed by atoms with Gasteiger partial charge in [-0.2, -0.15) is 11.3 Å². The molecule has 3 rings (SSSR count). The van der Waals surface area contributed by atoms with E-state index in [1.54, 1.807) is 29.8 Å². The molecule has 0 saturated carbocycles. The summed E-state index contributed by atoms with van der Waals surface area (Å²) >= 11 is 1.56. The predicted molar refractivity (Wildman–Crippen MR) is 91.7 cm³/mol. The summed E-state index contributed by atoms with van der Waals surface area (Å²) in [6.45, 7) is 0. The molecule has 2 aromatic heterocycles. The first kappa shape index (κ1) is 16.8. The molecule has 0 radical (unpaired) electrons. The lowest BCUT2D eigenvalue weighted by molar-refractivity contribution is 0.554. The van der Waals surface area contributed by atoms with Crippen LogP contribution >= 0.6 is 11.3 Å². The van der Waals surface area contributed by atoms with Crippen LogP contribution in [0.15, 0.2) is 70.5 Å². The largest absolute Gasteiger partial charge is 0.264 e. The van der Waals surface area contributed by atoms with Crippen molar-refractivity contribution in [1.29, 1.82) is 0 Å². The summed E-state index contributed by atoms with van der Waals surface area (Å²) < 4.78 is 40.9. The molecule has 2 heterocycles. The van der Waals surface area contributed by atoms with Gasteiger partial charge >= 0.3 is 0 Å². The van der Waals surface area contributed by atoms with Crippen molar-refractivity contribution in [3.63, 3.8) is 0 Å². The molecule has 124 valence electrons. The first-order valence-corrected chi connectivity index (χ1v) is 9.66. The van der Waals surface area contributed by atoms with Crippen LogP contribution in [0.1, 0.15) is 17.2 Å². The number of aromatic nitrogens is 1. The van der Waals surface area contributed by atoms with Gasteiger partial charge in [-0.3, -0.25) is 4.98 Å². The maximum Gasteiger partial charge on any atom is 0.241 e. The van der Waals surface area contributed by atoms with Crippen molar-refractivity contribution in [2.75, 3.05) is 0 Å². The molecule has 1 atom stereocenters. The molecular weight excluding hydrogens is 347 g/mol. The summed E-state index contributed by atoms with van der Waals surface area (Å²) in [7, 11) is -3.77. The molecule has 0 aliphatic heterocycles. The molecule has 0 spiro atoms. The van der Waals surface area contributed by atoms with Crippen LogP contribution in [-0.2, 0) is 16.4 Å². The summed E-state index contributed by atoms with van der Waals surface area (Å²) in [5, 5.41) is 3.93. The number of sulfonamides is 1. The van der Waals surface area contributed by atoms with E-state index in [4.69, 9.17) is 0 Å². The van der Waals surface area contributed by atoms with Gasteiger partial charge in [0, 0.05) is 12.4 Å². The zero-order valence-electron chi connectivity index (χ0n) is 12.6. The number of benzene rings is 1. The van der Waals surface area contributed by atoms with E-state index in [1.165, 1.54) is 12.1 Å². The Hall–Kier alpha value is -2.09. The van der Waals surface area contributed by atoms with E-state index in [0.29, 0.717) is 6.42 Å². The fraction of sp³-hybridized carbons (Fsp3) is 0.118. The van der Waals surface area contributed by atoms with Gasteiger partial charge in [-0.05, 0) is 64.7 Å². The molecular formula is C17H15FN2O2S2. The monoisotopic (exact) mass is 362 g/mol. The fourth-order valence-electron chi connectivity index (χ4n) is 2.32. The smallest absolute Gasteiger partial charge is 0.241 e. The molecule has 0 bridgehead atoms. The highest BCUT2D eigenvalue weighted by Gasteiger charge is 2.22. The molecule has 7 heteroatoms. The average Bonchev–Trinajstić information content (AvgIpc) is 3.08. The highest BCUT2D eigenvalue weighted by atomic mass is 32.2. The summed E-state index contributed by atoms with van der Waals surface area (Å²) in [4.78, 5) is 4.10. The second-order valence-electron chi connectivity index (χ2n) is 5.25. The van der Waals surface area contributed by atoms with E-state index < -0.39 is 21.9 Å². The highest BCUT2D eigenvalue weighted by Crippen LogP contribution is 2.22. The molecule has 0 aliphatic carbocycles. The Morgan fingerprint density at radius 1 is 1.17 bits per heavy atom. The summed E-state index contributed by atoms with van der Waals surface area (Å²) in [5.74, 6) is -0.476. The molecule has 3 aromatic rings. The van der Waals surface area contributed by atoms with Gasteiger partial charge in [0.05, 0.1) is 10.9 Å². The lowest BCUT2D eigenvalue weighted by atomic mass is 10.0. The third kappa shape index (κ3) is 4.05. The van der Waals surface area contributed by atoms with Gasteiger partial charge in [0.2, 0.25) is 10.0 Å². The first-order valence-electron chi connectivity index (χ1n) is 7.23. The molecule has 1 unspecified atom stereocenters. The minimum atomic E-state index is -3.77. The Morgan fingerprint density at radius 2 is 1.96 bits per heavy atom. The maximum atomic E-state index is 13.0. The van der Waals surface area contributed by atoms with Gasteiger partial charge < -0.3 is 0 Å². The van der Waals surface area contributed by atoms with Crippen LogP contribution in [0.3, 0.4) is 0 Å². The van der Waals surface area contributed by atoms with Crippen LogP contribution in [-0.4, -0.2) is 13.4 Å². The normalized spacial score (nSPS) is 12.9. The Labute approximate surface area is 144 Å². The lowest BCUT2D eigenvalue weighted by Gasteiger charge is -2.18. The third-order valence-corrected chi connectivity index (χ3v) is 5.75. The van der Waals surface area contributed by atoms with Crippen molar-refractivity contribution in [2.45, 2.75) is 17.4 Å². The number of hydrogen-bond donors (Lipinski definition) is 1. The Balaban J connectivity index is 1.89. The lowest BCUT2D eigenvalue weighted by Crippen LogP contribution is -2.30.